The van der Waals surface area contributed by atoms with E-state index in [9.17, 15) is 4.91 Å². The van der Waals surface area contributed by atoms with Crippen molar-refractivity contribution in [2.45, 2.75) is 0 Å². The minimum absolute atomic E-state index is 0.0999. The third kappa shape index (κ3) is 1.40. The normalized spacial score (nSPS) is 9.09. The zero-order chi connectivity index (χ0) is 8.27. The predicted octanol–water partition coefficient (Wildman–Crippen LogP) is 1.79. The second kappa shape index (κ2) is 2.92. The van der Waals surface area contributed by atoms with Gasteiger partial charge in [-0.15, -0.1) is 4.91 Å². The molecule has 0 spiro atoms. The van der Waals surface area contributed by atoms with Gasteiger partial charge in [0.15, 0.2) is 0 Å². The van der Waals surface area contributed by atoms with E-state index in [0.29, 0.717) is 5.56 Å². The molecule has 56 valence electrons. The highest BCUT2D eigenvalue weighted by atomic mass is 16.3. The van der Waals surface area contributed by atoms with Gasteiger partial charge in [-0.2, -0.15) is 0 Å². The van der Waals surface area contributed by atoms with E-state index in [1.165, 1.54) is 18.2 Å². The first-order chi connectivity index (χ1) is 5.27. The number of phenolic OH excluding ortho intramolecular Hbond substituents is 1. The first-order valence-electron chi connectivity index (χ1n) is 2.95. The van der Waals surface area contributed by atoms with Crippen molar-refractivity contribution in [3.8, 4) is 5.75 Å². The van der Waals surface area contributed by atoms with Crippen molar-refractivity contribution in [2.24, 2.45) is 5.18 Å². The highest BCUT2D eigenvalue weighted by Crippen LogP contribution is 2.21. The molecule has 11 heavy (non-hydrogen) atoms. The Labute approximate surface area is 63.0 Å². The van der Waals surface area contributed by atoms with Crippen LogP contribution in [0.15, 0.2) is 23.4 Å². The SMILES string of the molecule is N=Cc1ccc(N=O)cc1O. The number of phenols is 1. The van der Waals surface area contributed by atoms with Crippen LogP contribution >= 0.6 is 0 Å². The maximum Gasteiger partial charge on any atom is 0.126 e. The smallest absolute Gasteiger partial charge is 0.126 e. The highest BCUT2D eigenvalue weighted by molar-refractivity contribution is 5.81. The Morgan fingerprint density at radius 1 is 1.55 bits per heavy atom. The molecule has 2 N–H and O–H groups in total. The van der Waals surface area contributed by atoms with Crippen molar-refractivity contribution in [1.29, 1.82) is 5.41 Å². The van der Waals surface area contributed by atoms with Gasteiger partial charge in [-0.25, -0.2) is 0 Å². The largest absolute Gasteiger partial charge is 0.507 e. The van der Waals surface area contributed by atoms with Gasteiger partial charge in [0.05, 0.1) is 0 Å². The summed E-state index contributed by atoms with van der Waals surface area (Å²) in [7, 11) is 0. The van der Waals surface area contributed by atoms with Crippen LogP contribution in [0.5, 0.6) is 5.75 Å². The van der Waals surface area contributed by atoms with Gasteiger partial charge in [0.2, 0.25) is 0 Å². The molecule has 1 rings (SSSR count). The second-order valence-electron chi connectivity index (χ2n) is 1.98. The van der Waals surface area contributed by atoms with Crippen LogP contribution in [0.25, 0.3) is 0 Å². The molecular formula is C7H6N2O2. The van der Waals surface area contributed by atoms with Gasteiger partial charge in [-0.3, -0.25) is 0 Å². The third-order valence-corrected chi connectivity index (χ3v) is 1.27. The number of nitrogens with one attached hydrogen (secondary N) is 1. The van der Waals surface area contributed by atoms with E-state index in [4.69, 9.17) is 10.5 Å². The topological polar surface area (TPSA) is 73.5 Å². The number of nitrogens with zero attached hydrogens (tertiary/aromatic N) is 1. The first kappa shape index (κ1) is 7.40. The standard InChI is InChI=1S/C7H6N2O2/c8-4-5-1-2-6(9-11)3-7(5)10/h1-4,8,10H. The molecule has 0 amide bonds. The van der Waals surface area contributed by atoms with Crippen LogP contribution in [0.4, 0.5) is 5.69 Å². The zero-order valence-electron chi connectivity index (χ0n) is 5.61. The van der Waals surface area contributed by atoms with Gasteiger partial charge in [0.1, 0.15) is 11.4 Å². The average molecular weight is 150 g/mol. The Balaban J connectivity index is 3.18. The number of hydrogen-bond acceptors (Lipinski definition) is 4. The van der Waals surface area contributed by atoms with Crippen LogP contribution in [0.3, 0.4) is 0 Å². The summed E-state index contributed by atoms with van der Waals surface area (Å²) >= 11 is 0. The van der Waals surface area contributed by atoms with Gasteiger partial charge in [0, 0.05) is 17.8 Å². The van der Waals surface area contributed by atoms with Crippen molar-refractivity contribution in [3.63, 3.8) is 0 Å². The van der Waals surface area contributed by atoms with Crippen LogP contribution in [-0.4, -0.2) is 11.3 Å². The number of nitroso groups, excluding NO2 is 1. The van der Waals surface area contributed by atoms with E-state index < -0.39 is 0 Å². The Morgan fingerprint density at radius 2 is 2.27 bits per heavy atom. The van der Waals surface area contributed by atoms with Gasteiger partial charge >= 0.3 is 0 Å². The van der Waals surface area contributed by atoms with E-state index in [2.05, 4.69) is 5.18 Å². The molecule has 0 saturated heterocycles. The van der Waals surface area contributed by atoms with E-state index in [0.717, 1.165) is 6.21 Å². The summed E-state index contributed by atoms with van der Waals surface area (Å²) in [5.74, 6) is -0.0999. The number of benzene rings is 1. The fraction of sp³-hybridized carbons (Fsp3) is 0. The van der Waals surface area contributed by atoms with Crippen LogP contribution in [0.2, 0.25) is 0 Å². The molecule has 1 aromatic rings. The second-order valence-corrected chi connectivity index (χ2v) is 1.98. The fourth-order valence-corrected chi connectivity index (χ4v) is 0.711. The number of hydrogen-bond donors (Lipinski definition) is 2. The Morgan fingerprint density at radius 3 is 2.73 bits per heavy atom. The lowest BCUT2D eigenvalue weighted by atomic mass is 10.2. The molecule has 0 aliphatic heterocycles. The van der Waals surface area contributed by atoms with Crippen molar-refractivity contribution in [2.75, 3.05) is 0 Å². The summed E-state index contributed by atoms with van der Waals surface area (Å²) < 4.78 is 0. The molecule has 0 atom stereocenters. The molecule has 4 heteroatoms. The Kier molecular flexibility index (Phi) is 1.96. The molecule has 0 unspecified atom stereocenters. The monoisotopic (exact) mass is 150 g/mol. The van der Waals surface area contributed by atoms with Crippen LogP contribution in [0.1, 0.15) is 5.56 Å². The number of rotatable bonds is 2. The summed E-state index contributed by atoms with van der Waals surface area (Å²) in [6, 6.07) is 4.11. The zero-order valence-corrected chi connectivity index (χ0v) is 5.61. The predicted molar refractivity (Wildman–Crippen MR) is 41.4 cm³/mol. The summed E-state index contributed by atoms with van der Waals surface area (Å²) in [5.41, 5.74) is 0.533. The Hall–Kier alpha value is -1.71. The van der Waals surface area contributed by atoms with Gasteiger partial charge in [-0.1, -0.05) is 0 Å². The molecule has 4 nitrogen and oxygen atoms in total. The van der Waals surface area contributed by atoms with Crippen molar-refractivity contribution >= 4 is 11.9 Å². The third-order valence-electron chi connectivity index (χ3n) is 1.27. The molecule has 1 aromatic carbocycles. The fourth-order valence-electron chi connectivity index (χ4n) is 0.711. The minimum atomic E-state index is -0.0999. The van der Waals surface area contributed by atoms with E-state index >= 15 is 0 Å². The van der Waals surface area contributed by atoms with Crippen molar-refractivity contribution in [1.82, 2.24) is 0 Å². The maximum absolute atomic E-state index is 9.94. The lowest BCUT2D eigenvalue weighted by Crippen LogP contribution is -1.78. The lowest BCUT2D eigenvalue weighted by Gasteiger charge is -1.95. The van der Waals surface area contributed by atoms with E-state index in [1.54, 1.807) is 0 Å². The van der Waals surface area contributed by atoms with Gasteiger partial charge < -0.3 is 10.5 Å². The molecule has 0 aliphatic carbocycles. The summed E-state index contributed by atoms with van der Waals surface area (Å²) in [6.45, 7) is 0. The van der Waals surface area contributed by atoms with Crippen LogP contribution in [-0.2, 0) is 0 Å². The molecule has 0 fully saturated rings. The summed E-state index contributed by atoms with van der Waals surface area (Å²) in [6.07, 6.45) is 1.00. The average Bonchev–Trinajstić information content (AvgIpc) is 2.04. The van der Waals surface area contributed by atoms with Crippen LogP contribution < -0.4 is 0 Å². The highest BCUT2D eigenvalue weighted by Gasteiger charge is 1.98. The maximum atomic E-state index is 9.94. The molecule has 0 radical (unpaired) electrons. The van der Waals surface area contributed by atoms with Gasteiger partial charge in [0.25, 0.3) is 0 Å². The number of aromatic hydroxyl groups is 1. The Bertz CT molecular complexity index is 296. The minimum Gasteiger partial charge on any atom is -0.507 e. The molecule has 0 aromatic heterocycles. The quantitative estimate of drug-likeness (QED) is 0.498. The summed E-state index contributed by atoms with van der Waals surface area (Å²) in [4.78, 5) is 9.94. The molecular weight excluding hydrogens is 144 g/mol. The van der Waals surface area contributed by atoms with Crippen molar-refractivity contribution in [3.05, 3.63) is 28.7 Å². The lowest BCUT2D eigenvalue weighted by molar-refractivity contribution is 0.474. The van der Waals surface area contributed by atoms with Gasteiger partial charge in [-0.05, 0) is 17.3 Å². The molecule has 0 saturated carbocycles. The molecule has 0 bridgehead atoms. The molecule has 0 aliphatic rings. The van der Waals surface area contributed by atoms with E-state index in [-0.39, 0.29) is 11.4 Å². The first-order valence-corrected chi connectivity index (χ1v) is 2.95. The van der Waals surface area contributed by atoms with Crippen LogP contribution in [0, 0.1) is 10.3 Å². The molecule has 0 heterocycles. The summed E-state index contributed by atoms with van der Waals surface area (Å²) in [5, 5.41) is 18.5. The van der Waals surface area contributed by atoms with E-state index in [1.807, 2.05) is 0 Å². The van der Waals surface area contributed by atoms with Crippen molar-refractivity contribution < 1.29 is 5.11 Å².